The van der Waals surface area contributed by atoms with Crippen molar-refractivity contribution >= 4 is 52.2 Å². The monoisotopic (exact) mass is 394 g/mol. The summed E-state index contributed by atoms with van der Waals surface area (Å²) < 4.78 is 7.32. The topological polar surface area (TPSA) is 80.1 Å². The molecular weight excluding hydrogens is 380 g/mol. The molecule has 0 aliphatic carbocycles. The minimum atomic E-state index is 0.360. The summed E-state index contributed by atoms with van der Waals surface area (Å²) in [6.07, 6.45) is 2.33. The summed E-state index contributed by atoms with van der Waals surface area (Å²) in [6, 6.07) is 7.58. The molecule has 0 radical (unpaired) electrons. The summed E-state index contributed by atoms with van der Waals surface area (Å²) in [5.41, 5.74) is 0.809. The number of nitrogens with zero attached hydrogens (tertiary/aromatic N) is 4. The zero-order valence-corrected chi connectivity index (χ0v) is 15.9. The van der Waals surface area contributed by atoms with Crippen molar-refractivity contribution in [3.05, 3.63) is 44.9 Å². The Morgan fingerprint density at radius 1 is 1.48 bits per heavy atom. The van der Waals surface area contributed by atoms with Crippen molar-refractivity contribution in [1.82, 2.24) is 19.9 Å². The molecule has 2 aromatic heterocycles. The molecule has 3 aromatic rings. The third-order valence-electron chi connectivity index (χ3n) is 3.28. The Bertz CT molecular complexity index is 961. The van der Waals surface area contributed by atoms with Gasteiger partial charge < -0.3 is 10.1 Å². The number of para-hydroxylation sites is 2. The molecule has 0 aliphatic heterocycles. The zero-order valence-electron chi connectivity index (χ0n) is 13.5. The average molecular weight is 395 g/mol. The second-order valence-electron chi connectivity index (χ2n) is 4.85. The summed E-state index contributed by atoms with van der Waals surface area (Å²) in [4.78, 5) is 5.03. The number of halogens is 1. The van der Waals surface area contributed by atoms with Crippen molar-refractivity contribution in [2.24, 2.45) is 5.10 Å². The van der Waals surface area contributed by atoms with Crippen LogP contribution >= 0.6 is 35.2 Å². The van der Waals surface area contributed by atoms with Crippen LogP contribution in [0.5, 0.6) is 5.75 Å². The quantitative estimate of drug-likeness (QED) is 0.482. The molecule has 2 heterocycles. The van der Waals surface area contributed by atoms with Crippen molar-refractivity contribution in [1.29, 1.82) is 0 Å². The van der Waals surface area contributed by atoms with E-state index in [0.29, 0.717) is 26.4 Å². The molecule has 0 bridgehead atoms. The standard InChI is InChI=1S/C15H15ClN6OS2/c1-3-12-20-21-15(24)22(12)17-8-11-13(16)19-14(25-11)18-9-6-4-5-7-10(9)23-2/h4-8H,3H2,1-2H3,(H,18,19)(H,21,24)/b17-8+. The lowest BCUT2D eigenvalue weighted by Gasteiger charge is -2.07. The number of H-pyrrole nitrogens is 1. The minimum absolute atomic E-state index is 0.360. The van der Waals surface area contributed by atoms with Crippen LogP contribution in [0.1, 0.15) is 17.6 Å². The van der Waals surface area contributed by atoms with Gasteiger partial charge >= 0.3 is 0 Å². The molecule has 0 spiro atoms. The van der Waals surface area contributed by atoms with Crippen LogP contribution in [0.3, 0.4) is 0 Å². The highest BCUT2D eigenvalue weighted by Crippen LogP contribution is 2.31. The molecule has 2 N–H and O–H groups in total. The van der Waals surface area contributed by atoms with Gasteiger partial charge in [-0.25, -0.2) is 4.98 Å². The van der Waals surface area contributed by atoms with Crippen LogP contribution in [0.4, 0.5) is 10.8 Å². The van der Waals surface area contributed by atoms with Crippen LogP contribution in [0.15, 0.2) is 29.4 Å². The highest BCUT2D eigenvalue weighted by Gasteiger charge is 2.10. The first-order valence-corrected chi connectivity index (χ1v) is 8.99. The van der Waals surface area contributed by atoms with Gasteiger partial charge in [0.25, 0.3) is 0 Å². The van der Waals surface area contributed by atoms with E-state index in [-0.39, 0.29) is 0 Å². The SMILES string of the molecule is CCc1n[nH]c(=S)n1/N=C/c1sc(Nc2ccccc2OC)nc1Cl. The molecule has 25 heavy (non-hydrogen) atoms. The average Bonchev–Trinajstić information content (AvgIpc) is 3.15. The highest BCUT2D eigenvalue weighted by molar-refractivity contribution is 7.71. The van der Waals surface area contributed by atoms with E-state index in [2.05, 4.69) is 25.6 Å². The van der Waals surface area contributed by atoms with Crippen LogP contribution in [-0.4, -0.2) is 33.2 Å². The Morgan fingerprint density at radius 2 is 2.28 bits per heavy atom. The summed E-state index contributed by atoms with van der Waals surface area (Å²) in [7, 11) is 1.62. The highest BCUT2D eigenvalue weighted by atomic mass is 35.5. The van der Waals surface area contributed by atoms with Gasteiger partial charge in [-0.1, -0.05) is 42.0 Å². The van der Waals surface area contributed by atoms with Crippen LogP contribution in [0.25, 0.3) is 0 Å². The van der Waals surface area contributed by atoms with E-state index in [1.807, 2.05) is 31.2 Å². The number of methoxy groups -OCH3 is 1. The second kappa shape index (κ2) is 7.77. The maximum Gasteiger partial charge on any atom is 0.216 e. The maximum absolute atomic E-state index is 6.22. The number of benzene rings is 1. The fraction of sp³-hybridized carbons (Fsp3) is 0.200. The van der Waals surface area contributed by atoms with Gasteiger partial charge in [-0.2, -0.15) is 14.9 Å². The second-order valence-corrected chi connectivity index (χ2v) is 6.63. The lowest BCUT2D eigenvalue weighted by atomic mass is 10.3. The van der Waals surface area contributed by atoms with Gasteiger partial charge in [0.2, 0.25) is 4.77 Å². The number of aromatic amines is 1. The van der Waals surface area contributed by atoms with Crippen LogP contribution < -0.4 is 10.1 Å². The fourth-order valence-electron chi connectivity index (χ4n) is 2.09. The number of nitrogens with one attached hydrogen (secondary N) is 2. The van der Waals surface area contributed by atoms with Crippen LogP contribution in [-0.2, 0) is 6.42 Å². The number of aromatic nitrogens is 4. The zero-order chi connectivity index (χ0) is 17.8. The normalized spacial score (nSPS) is 11.2. The molecule has 0 aliphatic rings. The predicted molar refractivity (Wildman–Crippen MR) is 103 cm³/mol. The summed E-state index contributed by atoms with van der Waals surface area (Å²) in [5.74, 6) is 1.47. The van der Waals surface area contributed by atoms with Crippen LogP contribution in [0.2, 0.25) is 5.15 Å². The Morgan fingerprint density at radius 3 is 3.04 bits per heavy atom. The Balaban J connectivity index is 1.84. The van der Waals surface area contributed by atoms with Gasteiger partial charge in [0.05, 0.1) is 23.9 Å². The predicted octanol–water partition coefficient (Wildman–Crippen LogP) is 4.25. The molecule has 0 unspecified atom stereocenters. The first-order valence-electron chi connectivity index (χ1n) is 7.39. The van der Waals surface area contributed by atoms with Gasteiger partial charge in [-0.05, 0) is 24.4 Å². The number of thiazole rings is 1. The molecule has 0 fully saturated rings. The number of rotatable bonds is 6. The number of ether oxygens (including phenoxy) is 1. The van der Waals surface area contributed by atoms with Crippen molar-refractivity contribution in [3.63, 3.8) is 0 Å². The minimum Gasteiger partial charge on any atom is -0.495 e. The lowest BCUT2D eigenvalue weighted by Crippen LogP contribution is -1.96. The van der Waals surface area contributed by atoms with E-state index in [4.69, 9.17) is 28.6 Å². The summed E-state index contributed by atoms with van der Waals surface area (Å²) in [5, 5.41) is 15.4. The van der Waals surface area contributed by atoms with E-state index in [1.165, 1.54) is 11.3 Å². The molecule has 10 heteroatoms. The van der Waals surface area contributed by atoms with Crippen molar-refractivity contribution < 1.29 is 4.74 Å². The summed E-state index contributed by atoms with van der Waals surface area (Å²) in [6.45, 7) is 1.98. The number of anilines is 2. The smallest absolute Gasteiger partial charge is 0.216 e. The first kappa shape index (κ1) is 17.6. The number of hydrogen-bond donors (Lipinski definition) is 2. The molecule has 3 rings (SSSR count). The van der Waals surface area contributed by atoms with E-state index in [9.17, 15) is 0 Å². The van der Waals surface area contributed by atoms with Gasteiger partial charge in [0, 0.05) is 6.42 Å². The van der Waals surface area contributed by atoms with E-state index >= 15 is 0 Å². The van der Waals surface area contributed by atoms with Gasteiger partial charge in [0.15, 0.2) is 16.1 Å². The third-order valence-corrected chi connectivity index (χ3v) is 4.85. The van der Waals surface area contributed by atoms with Gasteiger partial charge in [-0.15, -0.1) is 0 Å². The van der Waals surface area contributed by atoms with Crippen molar-refractivity contribution in [3.8, 4) is 5.75 Å². The first-order chi connectivity index (χ1) is 12.1. The Hall–Kier alpha value is -2.23. The van der Waals surface area contributed by atoms with Crippen LogP contribution in [0, 0.1) is 4.77 Å². The fourth-order valence-corrected chi connectivity index (χ4v) is 3.33. The molecule has 0 saturated heterocycles. The molecule has 0 saturated carbocycles. The van der Waals surface area contributed by atoms with Crippen molar-refractivity contribution in [2.75, 3.05) is 12.4 Å². The van der Waals surface area contributed by atoms with Gasteiger partial charge in [0.1, 0.15) is 5.75 Å². The maximum atomic E-state index is 6.22. The largest absolute Gasteiger partial charge is 0.495 e. The van der Waals surface area contributed by atoms with Gasteiger partial charge in [-0.3, -0.25) is 5.10 Å². The summed E-state index contributed by atoms with van der Waals surface area (Å²) >= 11 is 12.8. The molecule has 130 valence electrons. The Kier molecular flexibility index (Phi) is 5.47. The molecule has 7 nitrogen and oxygen atoms in total. The lowest BCUT2D eigenvalue weighted by molar-refractivity contribution is 0.417. The number of hydrogen-bond acceptors (Lipinski definition) is 7. The third kappa shape index (κ3) is 3.89. The molecule has 1 aromatic carbocycles. The van der Waals surface area contributed by atoms with E-state index in [0.717, 1.165) is 17.3 Å². The molecule has 0 atom stereocenters. The number of aryl methyl sites for hydroxylation is 1. The Labute approximate surface area is 158 Å². The van der Waals surface area contributed by atoms with E-state index in [1.54, 1.807) is 18.0 Å². The van der Waals surface area contributed by atoms with E-state index < -0.39 is 0 Å². The molecule has 0 amide bonds. The molecular formula is C15H15ClN6OS2. The van der Waals surface area contributed by atoms with Crippen molar-refractivity contribution in [2.45, 2.75) is 13.3 Å².